The van der Waals surface area contributed by atoms with E-state index in [0.29, 0.717) is 11.7 Å². The molecular weight excluding hydrogens is 326 g/mol. The van der Waals surface area contributed by atoms with Crippen LogP contribution in [-0.2, 0) is 6.54 Å². The van der Waals surface area contributed by atoms with Crippen molar-refractivity contribution in [1.29, 1.82) is 0 Å². The zero-order chi connectivity index (χ0) is 17.8. The van der Waals surface area contributed by atoms with Gasteiger partial charge < -0.3 is 4.52 Å². The molecule has 0 aliphatic carbocycles. The molecule has 0 saturated carbocycles. The summed E-state index contributed by atoms with van der Waals surface area (Å²) < 4.78 is 5.50. The van der Waals surface area contributed by atoms with Crippen LogP contribution in [0.25, 0.3) is 22.6 Å². The molecule has 3 heterocycles. The minimum Gasteiger partial charge on any atom is -0.338 e. The Kier molecular flexibility index (Phi) is 5.02. The lowest BCUT2D eigenvalue weighted by Gasteiger charge is -2.16. The number of hydrogen-bond donors (Lipinski definition) is 0. The minimum atomic E-state index is 0.627. The average molecular weight is 349 g/mol. The molecule has 134 valence electrons. The molecule has 1 aliphatic heterocycles. The summed E-state index contributed by atoms with van der Waals surface area (Å²) in [6.45, 7) is 4.85. The highest BCUT2D eigenvalue weighted by molar-refractivity contribution is 5.67. The Morgan fingerprint density at radius 1 is 1.00 bits per heavy atom. The molecule has 2 aromatic heterocycles. The molecule has 0 amide bonds. The van der Waals surface area contributed by atoms with Gasteiger partial charge in [-0.15, -0.1) is 0 Å². The molecule has 6 heteroatoms. The molecule has 0 N–H and O–H groups in total. The number of rotatable bonds is 4. The van der Waals surface area contributed by atoms with Crippen LogP contribution in [0.5, 0.6) is 0 Å². The second-order valence-electron chi connectivity index (χ2n) is 6.77. The van der Waals surface area contributed by atoms with Crippen molar-refractivity contribution >= 4 is 0 Å². The summed E-state index contributed by atoms with van der Waals surface area (Å²) in [7, 11) is 0. The largest absolute Gasteiger partial charge is 0.338 e. The summed E-state index contributed by atoms with van der Waals surface area (Å²) in [5, 5.41) is 4.18. The molecule has 6 nitrogen and oxygen atoms in total. The van der Waals surface area contributed by atoms with Crippen LogP contribution in [0.3, 0.4) is 0 Å². The first-order valence-electron chi connectivity index (χ1n) is 9.23. The predicted molar refractivity (Wildman–Crippen MR) is 99.2 cm³/mol. The Hall–Kier alpha value is -2.60. The number of nitrogens with zero attached hydrogens (tertiary/aromatic N) is 5. The molecule has 1 saturated heterocycles. The van der Waals surface area contributed by atoms with E-state index in [4.69, 9.17) is 4.52 Å². The van der Waals surface area contributed by atoms with Gasteiger partial charge in [0.2, 0.25) is 11.7 Å². The fourth-order valence-corrected chi connectivity index (χ4v) is 3.36. The molecule has 0 atom stereocenters. The van der Waals surface area contributed by atoms with Gasteiger partial charge in [-0.2, -0.15) is 4.98 Å². The first-order valence-corrected chi connectivity index (χ1v) is 9.23. The molecule has 0 spiro atoms. The topological polar surface area (TPSA) is 67.9 Å². The van der Waals surface area contributed by atoms with E-state index in [1.54, 1.807) is 6.20 Å². The minimum absolute atomic E-state index is 0.627. The Bertz CT molecular complexity index is 868. The predicted octanol–water partition coefficient (Wildman–Crippen LogP) is 3.88. The van der Waals surface area contributed by atoms with Gasteiger partial charge >= 0.3 is 0 Å². The van der Waals surface area contributed by atoms with Gasteiger partial charge in [0, 0.05) is 17.3 Å². The third-order valence-electron chi connectivity index (χ3n) is 4.72. The normalized spacial score (nSPS) is 15.7. The number of likely N-dealkylation sites (tertiary alicyclic amines) is 1. The maximum Gasteiger partial charge on any atom is 0.241 e. The zero-order valence-corrected chi connectivity index (χ0v) is 15.1. The van der Waals surface area contributed by atoms with E-state index in [1.807, 2.05) is 37.3 Å². The van der Waals surface area contributed by atoms with Gasteiger partial charge in [-0.3, -0.25) is 4.90 Å². The average Bonchev–Trinajstić information content (AvgIpc) is 2.97. The number of aryl methyl sites for hydroxylation is 1. The lowest BCUT2D eigenvalue weighted by molar-refractivity contribution is 0.234. The van der Waals surface area contributed by atoms with Crippen LogP contribution in [0.1, 0.15) is 37.4 Å². The van der Waals surface area contributed by atoms with Crippen LogP contribution >= 0.6 is 0 Å². The van der Waals surface area contributed by atoms with Crippen molar-refractivity contribution in [3.05, 3.63) is 48.2 Å². The molecule has 4 rings (SSSR count). The van der Waals surface area contributed by atoms with Gasteiger partial charge in [0.25, 0.3) is 0 Å². The maximum absolute atomic E-state index is 5.50. The monoisotopic (exact) mass is 349 g/mol. The van der Waals surface area contributed by atoms with Gasteiger partial charge in [-0.1, -0.05) is 36.2 Å². The van der Waals surface area contributed by atoms with E-state index >= 15 is 0 Å². The van der Waals surface area contributed by atoms with Crippen LogP contribution in [0.4, 0.5) is 0 Å². The third kappa shape index (κ3) is 3.96. The SMILES string of the molecule is Cc1nccc(-c2cccc(-c3noc(CN4CCCCCC4)n3)c2)n1. The number of hydrogen-bond acceptors (Lipinski definition) is 6. The summed E-state index contributed by atoms with van der Waals surface area (Å²) in [5.41, 5.74) is 2.85. The Morgan fingerprint density at radius 2 is 1.81 bits per heavy atom. The zero-order valence-electron chi connectivity index (χ0n) is 15.1. The third-order valence-corrected chi connectivity index (χ3v) is 4.72. The van der Waals surface area contributed by atoms with E-state index in [9.17, 15) is 0 Å². The molecule has 3 aromatic rings. The lowest BCUT2D eigenvalue weighted by atomic mass is 10.1. The van der Waals surface area contributed by atoms with Gasteiger partial charge in [0.15, 0.2) is 0 Å². The van der Waals surface area contributed by atoms with Gasteiger partial charge in [-0.05, 0) is 45.0 Å². The fraction of sp³-hybridized carbons (Fsp3) is 0.400. The second-order valence-corrected chi connectivity index (χ2v) is 6.77. The van der Waals surface area contributed by atoms with E-state index < -0.39 is 0 Å². The molecule has 1 aliphatic rings. The van der Waals surface area contributed by atoms with Crippen LogP contribution < -0.4 is 0 Å². The van der Waals surface area contributed by atoms with Crippen LogP contribution in [0.2, 0.25) is 0 Å². The van der Waals surface area contributed by atoms with Crippen molar-refractivity contribution in [3.63, 3.8) is 0 Å². The first kappa shape index (κ1) is 16.8. The lowest BCUT2D eigenvalue weighted by Crippen LogP contribution is -2.24. The Morgan fingerprint density at radius 3 is 2.62 bits per heavy atom. The number of aromatic nitrogens is 4. The molecule has 0 unspecified atom stereocenters. The maximum atomic E-state index is 5.50. The van der Waals surface area contributed by atoms with E-state index in [1.165, 1.54) is 25.7 Å². The van der Waals surface area contributed by atoms with Gasteiger partial charge in [-0.25, -0.2) is 9.97 Å². The molecule has 0 bridgehead atoms. The van der Waals surface area contributed by atoms with E-state index in [-0.39, 0.29) is 0 Å². The van der Waals surface area contributed by atoms with Crippen molar-refractivity contribution in [2.75, 3.05) is 13.1 Å². The van der Waals surface area contributed by atoms with Crippen LogP contribution in [-0.4, -0.2) is 38.1 Å². The van der Waals surface area contributed by atoms with E-state index in [0.717, 1.165) is 42.3 Å². The standard InChI is InChI=1S/C20H23N5O/c1-15-21-10-9-18(22-15)16-7-6-8-17(13-16)20-23-19(26-24-20)14-25-11-4-2-3-5-12-25/h6-10,13H,2-5,11-12,14H2,1H3. The van der Waals surface area contributed by atoms with Crippen molar-refractivity contribution in [2.45, 2.75) is 39.2 Å². The smallest absolute Gasteiger partial charge is 0.241 e. The summed E-state index contributed by atoms with van der Waals surface area (Å²) in [4.78, 5) is 15.7. The van der Waals surface area contributed by atoms with Crippen molar-refractivity contribution < 1.29 is 4.52 Å². The van der Waals surface area contributed by atoms with E-state index in [2.05, 4.69) is 25.0 Å². The second kappa shape index (κ2) is 7.74. The first-order chi connectivity index (χ1) is 12.8. The summed E-state index contributed by atoms with van der Waals surface area (Å²) in [6, 6.07) is 9.98. The fourth-order valence-electron chi connectivity index (χ4n) is 3.36. The molecular formula is C20H23N5O. The highest BCUT2D eigenvalue weighted by Crippen LogP contribution is 2.24. The van der Waals surface area contributed by atoms with Crippen molar-refractivity contribution in [1.82, 2.24) is 25.0 Å². The summed E-state index contributed by atoms with van der Waals surface area (Å²) in [5.74, 6) is 2.07. The highest BCUT2D eigenvalue weighted by atomic mass is 16.5. The highest BCUT2D eigenvalue weighted by Gasteiger charge is 2.15. The molecule has 0 radical (unpaired) electrons. The van der Waals surface area contributed by atoms with Crippen LogP contribution in [0.15, 0.2) is 41.1 Å². The van der Waals surface area contributed by atoms with Crippen LogP contribution in [0, 0.1) is 6.92 Å². The quantitative estimate of drug-likeness (QED) is 0.712. The van der Waals surface area contributed by atoms with Gasteiger partial charge in [0.05, 0.1) is 12.2 Å². The molecule has 26 heavy (non-hydrogen) atoms. The summed E-state index contributed by atoms with van der Waals surface area (Å²) >= 11 is 0. The number of benzene rings is 1. The van der Waals surface area contributed by atoms with Gasteiger partial charge in [0.1, 0.15) is 5.82 Å². The Labute approximate surface area is 153 Å². The van der Waals surface area contributed by atoms with Crippen molar-refractivity contribution in [3.8, 4) is 22.6 Å². The summed E-state index contributed by atoms with van der Waals surface area (Å²) in [6.07, 6.45) is 6.92. The molecule has 1 fully saturated rings. The molecule has 1 aromatic carbocycles. The Balaban J connectivity index is 1.53. The van der Waals surface area contributed by atoms with Crippen molar-refractivity contribution in [2.24, 2.45) is 0 Å².